The summed E-state index contributed by atoms with van der Waals surface area (Å²) in [6, 6.07) is 2.40. The van der Waals surface area contributed by atoms with E-state index in [4.69, 9.17) is 14.2 Å². The number of alkyl halides is 2. The Labute approximate surface area is 251 Å². The Morgan fingerprint density at radius 2 is 1.81 bits per heavy atom. The largest absolute Gasteiger partial charge is 0.488 e. The highest BCUT2D eigenvalue weighted by Crippen LogP contribution is 2.49. The van der Waals surface area contributed by atoms with E-state index < -0.39 is 48.4 Å². The quantitative estimate of drug-likeness (QED) is 0.402. The van der Waals surface area contributed by atoms with Gasteiger partial charge in [-0.05, 0) is 82.5 Å². The van der Waals surface area contributed by atoms with Gasteiger partial charge in [-0.3, -0.25) is 14.5 Å². The molecule has 0 bridgehead atoms. The van der Waals surface area contributed by atoms with Crippen molar-refractivity contribution in [3.05, 3.63) is 24.0 Å². The Balaban J connectivity index is 1.31. The number of nitrogens with one attached hydrogen (secondary N) is 1. The molecule has 11 heteroatoms. The summed E-state index contributed by atoms with van der Waals surface area (Å²) in [5.74, 6) is -4.60. The van der Waals surface area contributed by atoms with Crippen molar-refractivity contribution in [1.29, 1.82) is 0 Å². The molecule has 1 aromatic rings. The van der Waals surface area contributed by atoms with Crippen molar-refractivity contribution in [1.82, 2.24) is 10.2 Å². The standard InChI is InChI=1S/C32H44F3N3O5/c1-37-12-4-5-21(20-37)8-11-28(39)38(26-10-9-23(33)15-27(26)43-25-6-2-3-7-25)29(22-16-32(17-22)41-13-14-42-32)30(40)36-24-18-31(34,35)19-24/h9-10,15,21-22,24-25,29H,2-8,11-14,16-20H2,1H3,(H,36,40). The molecule has 2 amide bonds. The zero-order valence-electron chi connectivity index (χ0n) is 25.0. The highest BCUT2D eigenvalue weighted by atomic mass is 19.3. The normalized spacial score (nSPS) is 27.8. The number of ether oxygens (including phenoxy) is 3. The summed E-state index contributed by atoms with van der Waals surface area (Å²) >= 11 is 0. The molecule has 238 valence electrons. The van der Waals surface area contributed by atoms with Crippen LogP contribution in [0.5, 0.6) is 5.75 Å². The van der Waals surface area contributed by atoms with Crippen molar-refractivity contribution in [2.24, 2.45) is 11.8 Å². The molecule has 5 aliphatic rings. The van der Waals surface area contributed by atoms with Gasteiger partial charge in [0.05, 0.1) is 25.0 Å². The summed E-state index contributed by atoms with van der Waals surface area (Å²) in [6.07, 6.45) is 6.46. The van der Waals surface area contributed by atoms with Gasteiger partial charge in [0.15, 0.2) is 5.79 Å². The third kappa shape index (κ3) is 6.99. The molecule has 43 heavy (non-hydrogen) atoms. The van der Waals surface area contributed by atoms with Crippen molar-refractivity contribution >= 4 is 17.5 Å². The fraction of sp³-hybridized carbons (Fsp3) is 0.750. The van der Waals surface area contributed by atoms with E-state index >= 15 is 0 Å². The molecule has 8 nitrogen and oxygen atoms in total. The van der Waals surface area contributed by atoms with E-state index in [1.807, 2.05) is 0 Å². The molecule has 6 rings (SSSR count). The molecule has 2 saturated heterocycles. The Morgan fingerprint density at radius 3 is 2.49 bits per heavy atom. The van der Waals surface area contributed by atoms with Crippen molar-refractivity contribution in [2.75, 3.05) is 38.3 Å². The number of amides is 2. The third-order valence-electron chi connectivity index (χ3n) is 9.92. The maximum absolute atomic E-state index is 14.6. The first-order valence-electron chi connectivity index (χ1n) is 16.0. The lowest BCUT2D eigenvalue weighted by Crippen LogP contribution is -2.63. The van der Waals surface area contributed by atoms with Crippen LogP contribution in [0.1, 0.15) is 77.0 Å². The van der Waals surface area contributed by atoms with E-state index in [0.29, 0.717) is 44.1 Å². The van der Waals surface area contributed by atoms with Gasteiger partial charge in [-0.2, -0.15) is 0 Å². The molecule has 3 aliphatic carbocycles. The minimum atomic E-state index is -2.80. The number of hydrogen-bond acceptors (Lipinski definition) is 6. The molecular weight excluding hydrogens is 563 g/mol. The highest BCUT2D eigenvalue weighted by Gasteiger charge is 2.56. The second kappa shape index (κ2) is 12.6. The van der Waals surface area contributed by atoms with Crippen LogP contribution < -0.4 is 15.0 Å². The van der Waals surface area contributed by atoms with E-state index in [1.54, 1.807) is 0 Å². The predicted octanol–water partition coefficient (Wildman–Crippen LogP) is 5.04. The minimum absolute atomic E-state index is 0.105. The predicted molar refractivity (Wildman–Crippen MR) is 153 cm³/mol. The zero-order valence-corrected chi connectivity index (χ0v) is 25.0. The molecule has 5 fully saturated rings. The first kappa shape index (κ1) is 30.6. The van der Waals surface area contributed by atoms with E-state index in [1.165, 1.54) is 23.1 Å². The van der Waals surface area contributed by atoms with E-state index in [-0.39, 0.29) is 30.1 Å². The second-order valence-corrected chi connectivity index (χ2v) is 13.4. The maximum Gasteiger partial charge on any atom is 0.252 e. The van der Waals surface area contributed by atoms with E-state index in [9.17, 15) is 22.8 Å². The molecule has 2 unspecified atom stereocenters. The highest BCUT2D eigenvalue weighted by molar-refractivity contribution is 6.02. The summed E-state index contributed by atoms with van der Waals surface area (Å²) in [7, 11) is 2.08. The first-order valence-corrected chi connectivity index (χ1v) is 16.0. The molecule has 0 aromatic heterocycles. The summed E-state index contributed by atoms with van der Waals surface area (Å²) in [5.41, 5.74) is 0.340. The summed E-state index contributed by atoms with van der Waals surface area (Å²) < 4.78 is 60.1. The van der Waals surface area contributed by atoms with Gasteiger partial charge in [-0.1, -0.05) is 0 Å². The lowest BCUT2D eigenvalue weighted by Gasteiger charge is -2.49. The second-order valence-electron chi connectivity index (χ2n) is 13.4. The van der Waals surface area contributed by atoms with Crippen LogP contribution in [0.2, 0.25) is 0 Å². The first-order chi connectivity index (χ1) is 20.6. The monoisotopic (exact) mass is 607 g/mol. The summed E-state index contributed by atoms with van der Waals surface area (Å²) in [6.45, 7) is 2.84. The zero-order chi connectivity index (χ0) is 30.2. The van der Waals surface area contributed by atoms with Crippen molar-refractivity contribution in [3.63, 3.8) is 0 Å². The molecule has 2 atom stereocenters. The number of benzene rings is 1. The average molecular weight is 608 g/mol. The third-order valence-corrected chi connectivity index (χ3v) is 9.92. The fourth-order valence-electron chi connectivity index (χ4n) is 7.65. The molecule has 1 spiro atoms. The van der Waals surface area contributed by atoms with Crippen LogP contribution in [0.4, 0.5) is 18.9 Å². The molecule has 3 saturated carbocycles. The van der Waals surface area contributed by atoms with Crippen LogP contribution in [0.25, 0.3) is 0 Å². The van der Waals surface area contributed by atoms with Gasteiger partial charge < -0.3 is 24.4 Å². The van der Waals surface area contributed by atoms with Crippen LogP contribution in [0, 0.1) is 17.7 Å². The number of piperidine rings is 1. The molecule has 2 aliphatic heterocycles. The Hall–Kier alpha value is -2.37. The lowest BCUT2D eigenvalue weighted by atomic mass is 9.73. The SMILES string of the molecule is CN1CCCC(CCC(=O)N(c2ccc(F)cc2OC2CCCC2)C(C(=O)NC2CC(F)(F)C2)C2CC3(C2)OCCO3)C1. The molecule has 1 N–H and O–H groups in total. The smallest absolute Gasteiger partial charge is 0.252 e. The number of carbonyl (C=O) groups is 2. The van der Waals surface area contributed by atoms with Gasteiger partial charge in [0.2, 0.25) is 11.8 Å². The lowest BCUT2D eigenvalue weighted by molar-refractivity contribution is -0.233. The van der Waals surface area contributed by atoms with Crippen molar-refractivity contribution in [3.8, 4) is 5.75 Å². The van der Waals surface area contributed by atoms with Gasteiger partial charge in [0.1, 0.15) is 17.6 Å². The number of halogens is 3. The van der Waals surface area contributed by atoms with Crippen LogP contribution in [-0.4, -0.2) is 80.0 Å². The molecule has 0 radical (unpaired) electrons. The molecule has 1 aromatic carbocycles. The van der Waals surface area contributed by atoms with Gasteiger partial charge >= 0.3 is 0 Å². The number of nitrogens with zero attached hydrogens (tertiary/aromatic N) is 2. The topological polar surface area (TPSA) is 80.3 Å². The minimum Gasteiger partial charge on any atom is -0.488 e. The molecular formula is C32H44F3N3O5. The summed E-state index contributed by atoms with van der Waals surface area (Å²) in [5, 5.41) is 2.80. The Kier molecular flexibility index (Phi) is 8.95. The maximum atomic E-state index is 14.6. The van der Waals surface area contributed by atoms with Gasteiger partial charge in [-0.25, -0.2) is 13.2 Å². The Morgan fingerprint density at radius 1 is 1.09 bits per heavy atom. The van der Waals surface area contributed by atoms with Gasteiger partial charge in [0.25, 0.3) is 5.92 Å². The fourth-order valence-corrected chi connectivity index (χ4v) is 7.65. The average Bonchev–Trinajstić information content (AvgIpc) is 3.62. The van der Waals surface area contributed by atoms with Crippen LogP contribution in [-0.2, 0) is 19.1 Å². The van der Waals surface area contributed by atoms with Crippen LogP contribution in [0.15, 0.2) is 18.2 Å². The van der Waals surface area contributed by atoms with Crippen molar-refractivity contribution in [2.45, 2.75) is 107 Å². The number of hydrogen-bond donors (Lipinski definition) is 1. The van der Waals surface area contributed by atoms with E-state index in [0.717, 1.165) is 51.6 Å². The van der Waals surface area contributed by atoms with Gasteiger partial charge in [-0.15, -0.1) is 0 Å². The van der Waals surface area contributed by atoms with E-state index in [2.05, 4.69) is 17.3 Å². The number of carbonyl (C=O) groups excluding carboxylic acids is 2. The van der Waals surface area contributed by atoms with Crippen LogP contribution in [0.3, 0.4) is 0 Å². The van der Waals surface area contributed by atoms with Gasteiger partial charge in [0, 0.05) is 50.8 Å². The van der Waals surface area contributed by atoms with Crippen molar-refractivity contribution < 1.29 is 37.0 Å². The number of rotatable bonds is 10. The Bertz CT molecular complexity index is 1160. The summed E-state index contributed by atoms with van der Waals surface area (Å²) in [4.78, 5) is 32.1. The number of likely N-dealkylation sites (tertiary alicyclic amines) is 1. The molecule has 2 heterocycles. The van der Waals surface area contributed by atoms with Crippen LogP contribution >= 0.6 is 0 Å². The number of anilines is 1.